The second kappa shape index (κ2) is 35.2. The van der Waals surface area contributed by atoms with Gasteiger partial charge in [0.25, 0.3) is 0 Å². The summed E-state index contributed by atoms with van der Waals surface area (Å²) in [5.74, 6) is -0.475. The van der Waals surface area contributed by atoms with Crippen molar-refractivity contribution in [1.29, 1.82) is 0 Å². The van der Waals surface area contributed by atoms with Crippen LogP contribution in [0.4, 0.5) is 0 Å². The molecule has 0 amide bonds. The molecule has 5 heteroatoms. The number of hydrogen-bond donors (Lipinski definition) is 1. The minimum atomic E-state index is -0.734. The first-order valence-electron chi connectivity index (χ1n) is 19.6. The fourth-order valence-corrected chi connectivity index (χ4v) is 5.22. The molecule has 0 aliphatic heterocycles. The van der Waals surface area contributed by atoms with Gasteiger partial charge >= 0.3 is 11.9 Å². The molecule has 0 heterocycles. The molecule has 0 aromatic carbocycles. The van der Waals surface area contributed by atoms with Crippen molar-refractivity contribution in [3.63, 3.8) is 0 Å². The van der Waals surface area contributed by atoms with Crippen LogP contribution in [0.15, 0.2) is 48.6 Å². The third-order valence-corrected chi connectivity index (χ3v) is 8.83. The molecular weight excluding hydrogens is 584 g/mol. The Labute approximate surface area is 290 Å². The Kier molecular flexibility index (Phi) is 33.6. The highest BCUT2D eigenvalue weighted by atomic mass is 16.5. The minimum Gasteiger partial charge on any atom is -0.465 e. The lowest BCUT2D eigenvalue weighted by Crippen LogP contribution is -2.37. The van der Waals surface area contributed by atoms with Crippen molar-refractivity contribution in [3.05, 3.63) is 48.6 Å². The van der Waals surface area contributed by atoms with Crippen LogP contribution in [0.5, 0.6) is 0 Å². The number of esters is 2. The molecule has 0 aromatic rings. The summed E-state index contributed by atoms with van der Waals surface area (Å²) in [5.41, 5.74) is -0.734. The summed E-state index contributed by atoms with van der Waals surface area (Å²) in [7, 11) is 0. The molecule has 0 spiro atoms. The zero-order valence-corrected chi connectivity index (χ0v) is 31.0. The fraction of sp³-hybridized carbons (Fsp3) is 0.762. The van der Waals surface area contributed by atoms with Crippen LogP contribution >= 0.6 is 0 Å². The van der Waals surface area contributed by atoms with Gasteiger partial charge in [0, 0.05) is 12.8 Å². The summed E-state index contributed by atoms with van der Waals surface area (Å²) in [5, 5.41) is 10.0. The van der Waals surface area contributed by atoms with Gasteiger partial charge in [-0.2, -0.15) is 0 Å². The number of carbonyl (C=O) groups excluding carboxylic acids is 2. The molecule has 0 saturated heterocycles. The van der Waals surface area contributed by atoms with E-state index in [0.29, 0.717) is 19.3 Å². The number of hydrogen-bond acceptors (Lipinski definition) is 5. The Morgan fingerprint density at radius 1 is 0.489 bits per heavy atom. The molecule has 0 bridgehead atoms. The average Bonchev–Trinajstić information content (AvgIpc) is 3.08. The van der Waals surface area contributed by atoms with Crippen molar-refractivity contribution in [3.8, 4) is 0 Å². The molecule has 0 fully saturated rings. The SMILES string of the molecule is CCCCCC=CCC=CCCCCCCCC(=O)OCC(CC)(CO)COC(=O)CCCCCCCC=CCC=CCCCCC. The normalized spacial score (nSPS) is 13.4. The van der Waals surface area contributed by atoms with E-state index >= 15 is 0 Å². The Balaban J connectivity index is 3.86. The predicted octanol–water partition coefficient (Wildman–Crippen LogP) is 12.1. The Bertz CT molecular complexity index is 757. The molecule has 0 unspecified atom stereocenters. The highest BCUT2D eigenvalue weighted by molar-refractivity contribution is 5.69. The number of aliphatic hydroxyl groups is 1. The highest BCUT2D eigenvalue weighted by Crippen LogP contribution is 2.23. The Morgan fingerprint density at radius 3 is 1.17 bits per heavy atom. The standard InChI is InChI=1S/C42H74O5/c1-4-7-9-11-13-15-17-19-21-23-25-27-29-31-33-35-40(44)46-38-42(6-3,37-43)39-47-41(45)36-34-32-30-28-26-24-22-20-18-16-14-12-10-8-5-2/h13-16,19-22,43H,4-12,17-18,23-39H2,1-3H3. The van der Waals surface area contributed by atoms with E-state index in [1.54, 1.807) is 0 Å². The van der Waals surface area contributed by atoms with Gasteiger partial charge < -0.3 is 14.6 Å². The number of allylic oxidation sites excluding steroid dienone is 8. The second-order valence-electron chi connectivity index (χ2n) is 13.3. The van der Waals surface area contributed by atoms with Gasteiger partial charge in [-0.3, -0.25) is 9.59 Å². The molecule has 0 aliphatic rings. The summed E-state index contributed by atoms with van der Waals surface area (Å²) >= 11 is 0. The van der Waals surface area contributed by atoms with Crippen molar-refractivity contribution in [2.75, 3.05) is 19.8 Å². The average molecular weight is 659 g/mol. The van der Waals surface area contributed by atoms with Crippen molar-refractivity contribution in [2.45, 2.75) is 181 Å². The summed E-state index contributed by atoms with van der Waals surface area (Å²) in [4.78, 5) is 24.7. The summed E-state index contributed by atoms with van der Waals surface area (Å²) in [6.07, 6.45) is 44.7. The molecule has 0 rings (SSSR count). The number of unbranched alkanes of at least 4 members (excludes halogenated alkanes) is 16. The quantitative estimate of drug-likeness (QED) is 0.0423. The molecule has 0 aromatic heterocycles. The second-order valence-corrected chi connectivity index (χ2v) is 13.3. The van der Waals surface area contributed by atoms with Crippen molar-refractivity contribution in [2.24, 2.45) is 5.41 Å². The van der Waals surface area contributed by atoms with Gasteiger partial charge in [-0.15, -0.1) is 0 Å². The molecule has 1 N–H and O–H groups in total. The molecular formula is C42H74O5. The topological polar surface area (TPSA) is 72.8 Å². The lowest BCUT2D eigenvalue weighted by molar-refractivity contribution is -0.156. The number of aliphatic hydroxyl groups excluding tert-OH is 1. The molecule has 47 heavy (non-hydrogen) atoms. The maximum Gasteiger partial charge on any atom is 0.305 e. The number of rotatable bonds is 34. The molecule has 0 aliphatic carbocycles. The van der Waals surface area contributed by atoms with Crippen LogP contribution in [0.2, 0.25) is 0 Å². The van der Waals surface area contributed by atoms with Crippen molar-refractivity contribution < 1.29 is 24.2 Å². The Hall–Kier alpha value is -2.14. The molecule has 272 valence electrons. The van der Waals surface area contributed by atoms with Crippen LogP contribution in [0.25, 0.3) is 0 Å². The van der Waals surface area contributed by atoms with E-state index in [9.17, 15) is 14.7 Å². The van der Waals surface area contributed by atoms with Gasteiger partial charge in [-0.1, -0.05) is 134 Å². The molecule has 0 radical (unpaired) electrons. The monoisotopic (exact) mass is 659 g/mol. The van der Waals surface area contributed by atoms with E-state index in [0.717, 1.165) is 64.2 Å². The van der Waals surface area contributed by atoms with Crippen LogP contribution in [-0.4, -0.2) is 36.9 Å². The zero-order chi connectivity index (χ0) is 34.5. The van der Waals surface area contributed by atoms with E-state index in [4.69, 9.17) is 9.47 Å². The smallest absolute Gasteiger partial charge is 0.305 e. The van der Waals surface area contributed by atoms with Crippen LogP contribution in [0.3, 0.4) is 0 Å². The molecule has 0 saturated carbocycles. The Morgan fingerprint density at radius 2 is 0.830 bits per heavy atom. The first-order valence-corrected chi connectivity index (χ1v) is 19.6. The highest BCUT2D eigenvalue weighted by Gasteiger charge is 2.31. The van der Waals surface area contributed by atoms with Crippen molar-refractivity contribution >= 4 is 11.9 Å². The van der Waals surface area contributed by atoms with Gasteiger partial charge in [0.15, 0.2) is 0 Å². The van der Waals surface area contributed by atoms with E-state index in [1.807, 2.05) is 6.92 Å². The van der Waals surface area contributed by atoms with Crippen LogP contribution in [0.1, 0.15) is 181 Å². The van der Waals surface area contributed by atoms with E-state index < -0.39 is 5.41 Å². The van der Waals surface area contributed by atoms with Crippen LogP contribution in [-0.2, 0) is 19.1 Å². The summed E-state index contributed by atoms with van der Waals surface area (Å²) in [6, 6.07) is 0. The van der Waals surface area contributed by atoms with Crippen LogP contribution in [0, 0.1) is 5.41 Å². The van der Waals surface area contributed by atoms with Gasteiger partial charge in [0.05, 0.1) is 12.0 Å². The summed E-state index contributed by atoms with van der Waals surface area (Å²) < 4.78 is 11.0. The number of carbonyl (C=O) groups is 2. The van der Waals surface area contributed by atoms with Gasteiger partial charge in [-0.25, -0.2) is 0 Å². The lowest BCUT2D eigenvalue weighted by atomic mass is 9.88. The predicted molar refractivity (Wildman–Crippen MR) is 200 cm³/mol. The van der Waals surface area contributed by atoms with Gasteiger partial charge in [0.2, 0.25) is 0 Å². The fourth-order valence-electron chi connectivity index (χ4n) is 5.22. The third-order valence-electron chi connectivity index (χ3n) is 8.83. The van der Waals surface area contributed by atoms with E-state index in [2.05, 4.69) is 62.5 Å². The lowest BCUT2D eigenvalue weighted by Gasteiger charge is -2.29. The maximum absolute atomic E-state index is 12.3. The van der Waals surface area contributed by atoms with Gasteiger partial charge in [-0.05, 0) is 83.5 Å². The molecule has 5 nitrogen and oxygen atoms in total. The maximum atomic E-state index is 12.3. The first kappa shape index (κ1) is 44.9. The van der Waals surface area contributed by atoms with Crippen LogP contribution < -0.4 is 0 Å². The molecule has 0 atom stereocenters. The minimum absolute atomic E-state index is 0.0794. The first-order chi connectivity index (χ1) is 23.0. The summed E-state index contributed by atoms with van der Waals surface area (Å²) in [6.45, 7) is 6.38. The van der Waals surface area contributed by atoms with Crippen molar-refractivity contribution in [1.82, 2.24) is 0 Å². The van der Waals surface area contributed by atoms with E-state index in [1.165, 1.54) is 77.0 Å². The third kappa shape index (κ3) is 30.9. The van der Waals surface area contributed by atoms with E-state index in [-0.39, 0.29) is 31.8 Å². The van der Waals surface area contributed by atoms with Gasteiger partial charge in [0.1, 0.15) is 13.2 Å². The zero-order valence-electron chi connectivity index (χ0n) is 31.0. The number of ether oxygens (including phenoxy) is 2. The largest absolute Gasteiger partial charge is 0.465 e.